The molecule has 1 nitrogen and oxygen atoms in total. The molecule has 2 aromatic carbocycles. The van der Waals surface area contributed by atoms with Gasteiger partial charge in [-0.3, -0.25) is 0 Å². The summed E-state index contributed by atoms with van der Waals surface area (Å²) in [5, 5.41) is 4.63. The number of fused-ring (bicyclic) bond motifs is 1. The predicted molar refractivity (Wildman–Crippen MR) is 93.1 cm³/mol. The Kier molecular flexibility index (Phi) is 4.51. The quantitative estimate of drug-likeness (QED) is 0.618. The number of hydrogen-bond acceptors (Lipinski definition) is 2. The first-order valence-electron chi connectivity index (χ1n) is 6.22. The van der Waals surface area contributed by atoms with Gasteiger partial charge in [0.2, 0.25) is 0 Å². The molecule has 1 aliphatic rings. The summed E-state index contributed by atoms with van der Waals surface area (Å²) in [5.74, 6) is 2.10. The summed E-state index contributed by atoms with van der Waals surface area (Å²) < 4.78 is 0.813. The highest BCUT2D eigenvalue weighted by Gasteiger charge is 2.21. The van der Waals surface area contributed by atoms with Crippen molar-refractivity contribution in [2.24, 2.45) is 0 Å². The Balaban J connectivity index is 1.92. The van der Waals surface area contributed by atoms with Crippen LogP contribution in [-0.2, 0) is 5.75 Å². The van der Waals surface area contributed by atoms with Crippen LogP contribution >= 0.6 is 50.9 Å². The van der Waals surface area contributed by atoms with Gasteiger partial charge < -0.3 is 5.32 Å². The Bertz CT molecular complexity index is 648. The molecule has 0 aliphatic carbocycles. The van der Waals surface area contributed by atoms with Gasteiger partial charge in [-0.15, -0.1) is 0 Å². The van der Waals surface area contributed by atoms with Crippen LogP contribution in [0.15, 0.2) is 40.9 Å². The molecule has 1 aliphatic heterocycles. The molecular weight excluding hydrogens is 377 g/mol. The zero-order valence-electron chi connectivity index (χ0n) is 10.5. The van der Waals surface area contributed by atoms with E-state index in [1.807, 2.05) is 23.9 Å². The molecule has 0 bridgehead atoms. The molecule has 1 N–H and O–H groups in total. The van der Waals surface area contributed by atoms with Gasteiger partial charge in [0.15, 0.2) is 0 Å². The molecule has 0 saturated heterocycles. The summed E-state index contributed by atoms with van der Waals surface area (Å²) in [6.45, 7) is 0. The van der Waals surface area contributed by atoms with E-state index in [1.54, 1.807) is 0 Å². The first kappa shape index (κ1) is 14.6. The summed E-state index contributed by atoms with van der Waals surface area (Å²) in [6.07, 6.45) is 0. The first-order chi connectivity index (χ1) is 9.66. The van der Waals surface area contributed by atoms with Crippen LogP contribution in [0.1, 0.15) is 17.2 Å². The molecule has 3 rings (SSSR count). The normalized spacial score (nSPS) is 17.6. The van der Waals surface area contributed by atoms with Gasteiger partial charge in [-0.2, -0.15) is 11.8 Å². The number of halogens is 3. The Morgan fingerprint density at radius 3 is 2.75 bits per heavy atom. The molecule has 1 atom stereocenters. The predicted octanol–water partition coefficient (Wildman–Crippen LogP) is 6.16. The van der Waals surface area contributed by atoms with Crippen LogP contribution in [0.5, 0.6) is 0 Å². The molecule has 1 unspecified atom stereocenters. The molecule has 0 spiro atoms. The van der Waals surface area contributed by atoms with Crippen LogP contribution in [0.3, 0.4) is 0 Å². The lowest BCUT2D eigenvalue weighted by Gasteiger charge is -2.27. The van der Waals surface area contributed by atoms with E-state index < -0.39 is 0 Å². The minimum atomic E-state index is 0.264. The summed E-state index contributed by atoms with van der Waals surface area (Å²) in [4.78, 5) is 0. The average molecular weight is 389 g/mol. The summed E-state index contributed by atoms with van der Waals surface area (Å²) in [7, 11) is 0. The number of benzene rings is 2. The van der Waals surface area contributed by atoms with Crippen molar-refractivity contribution < 1.29 is 0 Å². The zero-order chi connectivity index (χ0) is 14.1. The van der Waals surface area contributed by atoms with Crippen molar-refractivity contribution in [2.75, 3.05) is 11.1 Å². The molecule has 1 heterocycles. The molecule has 104 valence electrons. The van der Waals surface area contributed by atoms with Gasteiger partial charge in [0, 0.05) is 16.0 Å². The molecule has 0 radical (unpaired) electrons. The SMILES string of the molecule is Clc1c(Br)ccc(NC2CSCc3ccccc32)c1Cl. The summed E-state index contributed by atoms with van der Waals surface area (Å²) in [6, 6.07) is 12.7. The second-order valence-corrected chi connectivity index (χ2v) is 7.27. The van der Waals surface area contributed by atoms with E-state index in [0.717, 1.165) is 21.7 Å². The average Bonchev–Trinajstić information content (AvgIpc) is 2.48. The molecule has 0 aromatic heterocycles. The van der Waals surface area contributed by atoms with Gasteiger partial charge in [0.25, 0.3) is 0 Å². The lowest BCUT2D eigenvalue weighted by atomic mass is 10.0. The zero-order valence-corrected chi connectivity index (χ0v) is 14.4. The standard InChI is InChI=1S/C15H12BrCl2NS/c16-11-5-6-12(15(18)14(11)17)19-13-8-20-7-9-3-1-2-4-10(9)13/h1-6,13,19H,7-8H2. The molecule has 5 heteroatoms. The number of anilines is 1. The Morgan fingerprint density at radius 2 is 1.90 bits per heavy atom. The highest BCUT2D eigenvalue weighted by atomic mass is 79.9. The monoisotopic (exact) mass is 387 g/mol. The second-order valence-electron chi connectivity index (χ2n) is 4.63. The first-order valence-corrected chi connectivity index (χ1v) is 8.93. The number of thioether (sulfide) groups is 1. The van der Waals surface area contributed by atoms with Gasteiger partial charge in [-0.05, 0) is 39.2 Å². The summed E-state index contributed by atoms with van der Waals surface area (Å²) >= 11 is 17.8. The smallest absolute Gasteiger partial charge is 0.0835 e. The van der Waals surface area contributed by atoms with Crippen molar-refractivity contribution in [1.29, 1.82) is 0 Å². The van der Waals surface area contributed by atoms with Crippen LogP contribution in [0, 0.1) is 0 Å². The topological polar surface area (TPSA) is 12.0 Å². The van der Waals surface area contributed by atoms with Gasteiger partial charge in [0.05, 0.1) is 21.8 Å². The molecule has 0 saturated carbocycles. The minimum Gasteiger partial charge on any atom is -0.376 e. The van der Waals surface area contributed by atoms with Crippen molar-refractivity contribution in [3.63, 3.8) is 0 Å². The third-order valence-electron chi connectivity index (χ3n) is 3.34. The fourth-order valence-electron chi connectivity index (χ4n) is 2.33. The number of rotatable bonds is 2. The fourth-order valence-corrected chi connectivity index (χ4v) is 4.25. The van der Waals surface area contributed by atoms with Crippen molar-refractivity contribution in [2.45, 2.75) is 11.8 Å². The van der Waals surface area contributed by atoms with Crippen molar-refractivity contribution in [3.8, 4) is 0 Å². The van der Waals surface area contributed by atoms with E-state index in [4.69, 9.17) is 23.2 Å². The third-order valence-corrected chi connectivity index (χ3v) is 6.19. The van der Waals surface area contributed by atoms with Gasteiger partial charge in [-0.1, -0.05) is 47.5 Å². The second kappa shape index (κ2) is 6.18. The minimum absolute atomic E-state index is 0.264. The summed E-state index contributed by atoms with van der Waals surface area (Å²) in [5.41, 5.74) is 3.61. The molecule has 20 heavy (non-hydrogen) atoms. The van der Waals surface area contributed by atoms with E-state index in [2.05, 4.69) is 45.5 Å². The van der Waals surface area contributed by atoms with E-state index >= 15 is 0 Å². The maximum atomic E-state index is 6.31. The Hall–Kier alpha value is -0.350. The van der Waals surface area contributed by atoms with E-state index in [1.165, 1.54) is 11.1 Å². The van der Waals surface area contributed by atoms with Gasteiger partial charge >= 0.3 is 0 Å². The Morgan fingerprint density at radius 1 is 1.10 bits per heavy atom. The number of hydrogen-bond donors (Lipinski definition) is 1. The lowest BCUT2D eigenvalue weighted by Crippen LogP contribution is -2.18. The van der Waals surface area contributed by atoms with Crippen molar-refractivity contribution in [1.82, 2.24) is 0 Å². The molecular formula is C15H12BrCl2NS. The maximum Gasteiger partial charge on any atom is 0.0835 e. The van der Waals surface area contributed by atoms with Gasteiger partial charge in [-0.25, -0.2) is 0 Å². The molecule has 2 aromatic rings. The van der Waals surface area contributed by atoms with Crippen LogP contribution in [0.2, 0.25) is 10.0 Å². The Labute approximate surface area is 141 Å². The maximum absolute atomic E-state index is 6.31. The van der Waals surface area contributed by atoms with Crippen LogP contribution in [0.25, 0.3) is 0 Å². The molecule has 0 fully saturated rings. The van der Waals surface area contributed by atoms with Crippen LogP contribution < -0.4 is 5.32 Å². The third kappa shape index (κ3) is 2.82. The van der Waals surface area contributed by atoms with Crippen molar-refractivity contribution >= 4 is 56.6 Å². The van der Waals surface area contributed by atoms with Crippen LogP contribution in [0.4, 0.5) is 5.69 Å². The highest BCUT2D eigenvalue weighted by molar-refractivity contribution is 9.10. The highest BCUT2D eigenvalue weighted by Crippen LogP contribution is 2.39. The van der Waals surface area contributed by atoms with E-state index in [-0.39, 0.29) is 6.04 Å². The van der Waals surface area contributed by atoms with Crippen LogP contribution in [-0.4, -0.2) is 5.75 Å². The van der Waals surface area contributed by atoms with E-state index in [9.17, 15) is 0 Å². The lowest BCUT2D eigenvalue weighted by molar-refractivity contribution is 0.871. The van der Waals surface area contributed by atoms with Gasteiger partial charge in [0.1, 0.15) is 0 Å². The number of nitrogens with one attached hydrogen (secondary N) is 1. The fraction of sp³-hybridized carbons (Fsp3) is 0.200. The van der Waals surface area contributed by atoms with Crippen molar-refractivity contribution in [3.05, 3.63) is 62.0 Å². The largest absolute Gasteiger partial charge is 0.376 e. The molecule has 0 amide bonds. The van der Waals surface area contributed by atoms with E-state index in [0.29, 0.717) is 10.0 Å².